The number of nitrogens with one attached hydrogen (secondary N) is 2. The number of likely N-dealkylation sites (N-methyl/N-ethyl adjacent to an activating group) is 1. The fourth-order valence-corrected chi connectivity index (χ4v) is 4.83. The predicted molar refractivity (Wildman–Crippen MR) is 136 cm³/mol. The molecule has 0 spiro atoms. The molecule has 36 heavy (non-hydrogen) atoms. The molecule has 1 fully saturated rings. The van der Waals surface area contributed by atoms with E-state index >= 15 is 0 Å². The molecule has 4 rings (SSSR count). The van der Waals surface area contributed by atoms with E-state index in [0.717, 1.165) is 35.3 Å². The average Bonchev–Trinajstić information content (AvgIpc) is 3.20. The van der Waals surface area contributed by atoms with E-state index in [1.165, 1.54) is 0 Å². The highest BCUT2D eigenvalue weighted by Gasteiger charge is 2.29. The summed E-state index contributed by atoms with van der Waals surface area (Å²) in [5.41, 5.74) is 4.45. The maximum Gasteiger partial charge on any atom is 0.407 e. The van der Waals surface area contributed by atoms with Crippen molar-refractivity contribution in [1.29, 1.82) is 0 Å². The third-order valence-corrected chi connectivity index (χ3v) is 6.92. The molecule has 2 aromatic carbocycles. The van der Waals surface area contributed by atoms with Gasteiger partial charge in [0.15, 0.2) is 0 Å². The van der Waals surface area contributed by atoms with Crippen LogP contribution in [0.5, 0.6) is 0 Å². The first-order chi connectivity index (χ1) is 17.4. The van der Waals surface area contributed by atoms with Gasteiger partial charge in [-0.1, -0.05) is 48.5 Å². The van der Waals surface area contributed by atoms with Crippen molar-refractivity contribution >= 4 is 18.1 Å². The van der Waals surface area contributed by atoms with Crippen molar-refractivity contribution in [3.8, 4) is 11.1 Å². The summed E-state index contributed by atoms with van der Waals surface area (Å²) in [5, 5.41) is 14.9. The zero-order valence-electron chi connectivity index (χ0n) is 20.6. The van der Waals surface area contributed by atoms with Crippen LogP contribution in [0.1, 0.15) is 36.3 Å². The van der Waals surface area contributed by atoms with Crippen LogP contribution in [0.4, 0.5) is 9.59 Å². The van der Waals surface area contributed by atoms with Crippen LogP contribution in [-0.4, -0.2) is 85.4 Å². The number of amides is 3. The first-order valence-electron chi connectivity index (χ1n) is 12.5. The number of carbonyl (C=O) groups excluding carboxylic acids is 2. The van der Waals surface area contributed by atoms with Gasteiger partial charge in [-0.2, -0.15) is 0 Å². The van der Waals surface area contributed by atoms with Crippen molar-refractivity contribution in [2.45, 2.75) is 31.2 Å². The summed E-state index contributed by atoms with van der Waals surface area (Å²) in [7, 11) is 2.03. The molecule has 1 heterocycles. The highest BCUT2D eigenvalue weighted by Crippen LogP contribution is 2.44. The number of fused-ring (bicyclic) bond motifs is 3. The molecule has 9 nitrogen and oxygen atoms in total. The van der Waals surface area contributed by atoms with Crippen LogP contribution in [0.15, 0.2) is 48.5 Å². The standard InChI is InChI=1S/C27H34N4O5/c1-30-14-16-31(17-15-30)26(34)28-13-7-6-12-24(25(32)33)29-27(35)36-18-23-21-10-4-2-8-19(21)20-9-3-5-11-22(20)23/h2-5,8-11,23-24H,6-7,12-18H2,1H3,(H,28,34)(H,29,35)(H,32,33). The molecule has 0 bridgehead atoms. The fourth-order valence-electron chi connectivity index (χ4n) is 4.83. The summed E-state index contributed by atoms with van der Waals surface area (Å²) in [5.74, 6) is -1.19. The molecule has 192 valence electrons. The highest BCUT2D eigenvalue weighted by molar-refractivity contribution is 5.81. The predicted octanol–water partition coefficient (Wildman–Crippen LogP) is 3.11. The molecule has 2 aliphatic rings. The van der Waals surface area contributed by atoms with Crippen molar-refractivity contribution in [2.24, 2.45) is 0 Å². The number of nitrogens with zero attached hydrogens (tertiary/aromatic N) is 2. The molecule has 0 aromatic heterocycles. The van der Waals surface area contributed by atoms with Gasteiger partial charge in [0, 0.05) is 38.6 Å². The molecule has 3 amide bonds. The zero-order chi connectivity index (χ0) is 25.5. The second kappa shape index (κ2) is 11.9. The van der Waals surface area contributed by atoms with Gasteiger partial charge in [0.1, 0.15) is 12.6 Å². The number of carboxylic acid groups (broad SMARTS) is 1. The van der Waals surface area contributed by atoms with Crippen molar-refractivity contribution in [1.82, 2.24) is 20.4 Å². The maximum absolute atomic E-state index is 12.5. The summed E-state index contributed by atoms with van der Waals surface area (Å²) in [6, 6.07) is 14.9. The number of rotatable bonds is 9. The average molecular weight is 495 g/mol. The van der Waals surface area contributed by atoms with Crippen LogP contribution in [0.2, 0.25) is 0 Å². The van der Waals surface area contributed by atoms with Crippen molar-refractivity contribution in [3.05, 3.63) is 59.7 Å². The van der Waals surface area contributed by atoms with E-state index in [2.05, 4.69) is 27.7 Å². The Balaban J connectivity index is 1.20. The number of carbonyl (C=O) groups is 3. The van der Waals surface area contributed by atoms with Crippen LogP contribution in [-0.2, 0) is 9.53 Å². The Hall–Kier alpha value is -3.59. The highest BCUT2D eigenvalue weighted by atomic mass is 16.5. The van der Waals surface area contributed by atoms with Gasteiger partial charge < -0.3 is 30.3 Å². The van der Waals surface area contributed by atoms with Gasteiger partial charge >= 0.3 is 18.1 Å². The van der Waals surface area contributed by atoms with Crippen molar-refractivity contribution in [2.75, 3.05) is 46.4 Å². The number of unbranched alkanes of at least 4 members (excludes halogenated alkanes) is 1. The Morgan fingerprint density at radius 2 is 1.58 bits per heavy atom. The fraction of sp³-hybridized carbons (Fsp3) is 0.444. The number of piperazine rings is 1. The summed E-state index contributed by atoms with van der Waals surface area (Å²) >= 11 is 0. The number of alkyl carbamates (subject to hydrolysis) is 1. The number of hydrogen-bond acceptors (Lipinski definition) is 5. The van der Waals surface area contributed by atoms with E-state index in [-0.39, 0.29) is 25.0 Å². The first kappa shape index (κ1) is 25.5. The van der Waals surface area contributed by atoms with Gasteiger partial charge in [-0.05, 0) is 48.6 Å². The summed E-state index contributed by atoms with van der Waals surface area (Å²) in [6.07, 6.45) is 0.677. The number of carboxylic acids is 1. The lowest BCUT2D eigenvalue weighted by atomic mass is 9.98. The monoisotopic (exact) mass is 494 g/mol. The SMILES string of the molecule is CN1CCN(C(=O)NCCCCC(NC(=O)OCC2c3ccccc3-c3ccccc32)C(=O)O)CC1. The minimum atomic E-state index is -1.11. The minimum Gasteiger partial charge on any atom is -0.480 e. The molecule has 0 radical (unpaired) electrons. The van der Waals surface area contributed by atoms with Crippen LogP contribution in [0, 0.1) is 0 Å². The van der Waals surface area contributed by atoms with Crippen LogP contribution >= 0.6 is 0 Å². The normalized spacial score (nSPS) is 16.1. The van der Waals surface area contributed by atoms with E-state index < -0.39 is 18.1 Å². The second-order valence-corrected chi connectivity index (χ2v) is 9.38. The van der Waals surface area contributed by atoms with E-state index in [1.807, 2.05) is 43.4 Å². The van der Waals surface area contributed by atoms with Gasteiger partial charge in [-0.15, -0.1) is 0 Å². The Morgan fingerprint density at radius 1 is 0.972 bits per heavy atom. The molecule has 9 heteroatoms. The number of urea groups is 1. The number of aliphatic carboxylic acids is 1. The minimum absolute atomic E-state index is 0.0876. The Kier molecular flexibility index (Phi) is 8.43. The smallest absolute Gasteiger partial charge is 0.407 e. The third-order valence-electron chi connectivity index (χ3n) is 6.92. The number of benzene rings is 2. The topological polar surface area (TPSA) is 111 Å². The molecule has 1 saturated heterocycles. The van der Waals surface area contributed by atoms with Gasteiger partial charge in [-0.25, -0.2) is 14.4 Å². The lowest BCUT2D eigenvalue weighted by Gasteiger charge is -2.32. The number of hydrogen-bond donors (Lipinski definition) is 3. The van der Waals surface area contributed by atoms with E-state index in [1.54, 1.807) is 4.90 Å². The molecule has 1 aliphatic carbocycles. The van der Waals surface area contributed by atoms with Gasteiger partial charge in [-0.3, -0.25) is 0 Å². The molecule has 1 aliphatic heterocycles. The molecular formula is C27H34N4O5. The maximum atomic E-state index is 12.5. The van der Waals surface area contributed by atoms with Gasteiger partial charge in [0.05, 0.1) is 0 Å². The Labute approximate surface area is 211 Å². The molecule has 1 atom stereocenters. The second-order valence-electron chi connectivity index (χ2n) is 9.38. The summed E-state index contributed by atoms with van der Waals surface area (Å²) < 4.78 is 5.47. The first-order valence-corrected chi connectivity index (χ1v) is 12.5. The molecule has 2 aromatic rings. The van der Waals surface area contributed by atoms with Crippen LogP contribution in [0.25, 0.3) is 11.1 Å². The molecule has 1 unspecified atom stereocenters. The van der Waals surface area contributed by atoms with Crippen molar-refractivity contribution < 1.29 is 24.2 Å². The summed E-state index contributed by atoms with van der Waals surface area (Å²) in [6.45, 7) is 3.71. The van der Waals surface area contributed by atoms with Gasteiger partial charge in [0.2, 0.25) is 0 Å². The van der Waals surface area contributed by atoms with Gasteiger partial charge in [0.25, 0.3) is 0 Å². The van der Waals surface area contributed by atoms with E-state index in [9.17, 15) is 19.5 Å². The molecular weight excluding hydrogens is 460 g/mol. The Morgan fingerprint density at radius 3 is 2.19 bits per heavy atom. The molecule has 0 saturated carbocycles. The lowest BCUT2D eigenvalue weighted by Crippen LogP contribution is -2.50. The van der Waals surface area contributed by atoms with E-state index in [4.69, 9.17) is 4.74 Å². The van der Waals surface area contributed by atoms with Crippen LogP contribution in [0.3, 0.4) is 0 Å². The zero-order valence-corrected chi connectivity index (χ0v) is 20.6. The lowest BCUT2D eigenvalue weighted by molar-refractivity contribution is -0.139. The number of ether oxygens (including phenoxy) is 1. The molecule has 3 N–H and O–H groups in total. The Bertz CT molecular complexity index is 1040. The third kappa shape index (κ3) is 6.15. The van der Waals surface area contributed by atoms with E-state index in [0.29, 0.717) is 32.5 Å². The van der Waals surface area contributed by atoms with Crippen LogP contribution < -0.4 is 10.6 Å². The largest absolute Gasteiger partial charge is 0.480 e. The summed E-state index contributed by atoms with van der Waals surface area (Å²) in [4.78, 5) is 40.3. The van der Waals surface area contributed by atoms with Crippen molar-refractivity contribution in [3.63, 3.8) is 0 Å². The quantitative estimate of drug-likeness (QED) is 0.462.